The van der Waals surface area contributed by atoms with E-state index in [0.717, 1.165) is 9.13 Å². The highest BCUT2D eigenvalue weighted by Crippen LogP contribution is 2.27. The molecule has 0 aliphatic rings. The number of nitrogens with zero attached hydrogens (tertiary/aromatic N) is 3. The zero-order valence-corrected chi connectivity index (χ0v) is 12.7. The topological polar surface area (TPSA) is 56.9 Å². The normalized spacial score (nSPS) is 11.6. The van der Waals surface area contributed by atoms with E-state index in [9.17, 15) is 27.2 Å². The van der Waals surface area contributed by atoms with Gasteiger partial charge >= 0.3 is 5.69 Å². The Morgan fingerprint density at radius 1 is 0.917 bits per heavy atom. The average molecular weight is 341 g/mol. The Hall–Kier alpha value is -2.71. The quantitative estimate of drug-likeness (QED) is 0.408. The fourth-order valence-corrected chi connectivity index (χ4v) is 2.68. The van der Waals surface area contributed by atoms with E-state index < -0.39 is 50.8 Å². The van der Waals surface area contributed by atoms with Gasteiger partial charge in [0.25, 0.3) is 5.56 Å². The van der Waals surface area contributed by atoms with Crippen LogP contribution in [0.5, 0.6) is 0 Å². The van der Waals surface area contributed by atoms with Crippen LogP contribution in [0, 0.1) is 23.3 Å². The molecule has 0 bridgehead atoms. The van der Waals surface area contributed by atoms with Crippen molar-refractivity contribution >= 4 is 21.9 Å². The molecule has 0 amide bonds. The van der Waals surface area contributed by atoms with Crippen molar-refractivity contribution in [3.05, 3.63) is 50.2 Å². The molecule has 0 unspecified atom stereocenters. The largest absolute Gasteiger partial charge is 0.332 e. The number of benzene rings is 1. The zero-order chi connectivity index (χ0) is 17.8. The lowest BCUT2D eigenvalue weighted by atomic mass is 10.1. The van der Waals surface area contributed by atoms with Crippen LogP contribution in [0.15, 0.2) is 15.7 Å². The van der Waals surface area contributed by atoms with Crippen LogP contribution in [-0.4, -0.2) is 14.1 Å². The first kappa shape index (κ1) is 16.2. The zero-order valence-electron chi connectivity index (χ0n) is 12.7. The second-order valence-electron chi connectivity index (χ2n) is 5.08. The smallest absolute Gasteiger partial charge is 0.278 e. The predicted octanol–water partition coefficient (Wildman–Crippen LogP) is 2.31. The minimum atomic E-state index is -1.86. The molecule has 1 aromatic carbocycles. The fraction of sp³-hybridized carbons (Fsp3) is 0.267. The molecule has 3 aromatic rings. The first-order valence-corrected chi connectivity index (χ1v) is 7.13. The molecule has 0 aliphatic heterocycles. The van der Waals surface area contributed by atoms with Crippen molar-refractivity contribution in [3.8, 4) is 0 Å². The van der Waals surface area contributed by atoms with Crippen LogP contribution >= 0.6 is 0 Å². The summed E-state index contributed by atoms with van der Waals surface area (Å²) in [5.41, 5.74) is -2.58. The van der Waals surface area contributed by atoms with E-state index in [1.807, 2.05) is 0 Å². The van der Waals surface area contributed by atoms with E-state index in [1.165, 1.54) is 6.92 Å². The Kier molecular flexibility index (Phi) is 3.66. The molecule has 2 aromatic heterocycles. The monoisotopic (exact) mass is 341 g/mol. The lowest BCUT2D eigenvalue weighted by Gasteiger charge is -2.13. The summed E-state index contributed by atoms with van der Waals surface area (Å²) in [6, 6.07) is 0.520. The molecule has 0 aliphatic carbocycles. The van der Waals surface area contributed by atoms with E-state index >= 15 is 0 Å². The number of fused-ring (bicyclic) bond motifs is 2. The van der Waals surface area contributed by atoms with Crippen LogP contribution in [0.1, 0.15) is 13.8 Å². The molecule has 0 radical (unpaired) electrons. The van der Waals surface area contributed by atoms with Crippen LogP contribution in [0.2, 0.25) is 0 Å². The first-order chi connectivity index (χ1) is 11.3. The highest BCUT2D eigenvalue weighted by atomic mass is 19.2. The molecule has 24 heavy (non-hydrogen) atoms. The SMILES string of the molecule is CCn1c(=O)c2c(F)c3c(F)c(F)c(F)cc3nc2n(CC)c1=O. The molecule has 0 spiro atoms. The third-order valence-electron chi connectivity index (χ3n) is 3.84. The average Bonchev–Trinajstić information content (AvgIpc) is 2.53. The summed E-state index contributed by atoms with van der Waals surface area (Å²) in [7, 11) is 0. The number of aromatic nitrogens is 3. The van der Waals surface area contributed by atoms with Gasteiger partial charge in [0.15, 0.2) is 28.9 Å². The lowest BCUT2D eigenvalue weighted by molar-refractivity contribution is 0.451. The Morgan fingerprint density at radius 2 is 1.54 bits per heavy atom. The summed E-state index contributed by atoms with van der Waals surface area (Å²) >= 11 is 0. The third kappa shape index (κ3) is 1.97. The molecule has 3 rings (SSSR count). The van der Waals surface area contributed by atoms with Gasteiger partial charge in [-0.15, -0.1) is 0 Å². The van der Waals surface area contributed by atoms with Crippen LogP contribution < -0.4 is 11.2 Å². The van der Waals surface area contributed by atoms with Crippen LogP contribution in [0.4, 0.5) is 17.6 Å². The molecule has 5 nitrogen and oxygen atoms in total. The highest BCUT2D eigenvalue weighted by Gasteiger charge is 2.24. The second-order valence-corrected chi connectivity index (χ2v) is 5.08. The van der Waals surface area contributed by atoms with E-state index in [-0.39, 0.29) is 18.7 Å². The number of rotatable bonds is 2. The number of hydrogen-bond donors (Lipinski definition) is 0. The van der Waals surface area contributed by atoms with Gasteiger partial charge in [-0.2, -0.15) is 0 Å². The molecular weight excluding hydrogens is 330 g/mol. The summed E-state index contributed by atoms with van der Waals surface area (Å²) in [6.07, 6.45) is 0. The Bertz CT molecular complexity index is 1120. The summed E-state index contributed by atoms with van der Waals surface area (Å²) in [6.45, 7) is 3.10. The van der Waals surface area contributed by atoms with Crippen molar-refractivity contribution in [2.24, 2.45) is 0 Å². The van der Waals surface area contributed by atoms with Gasteiger partial charge in [-0.25, -0.2) is 27.3 Å². The molecule has 9 heteroatoms. The van der Waals surface area contributed by atoms with Crippen LogP contribution in [0.25, 0.3) is 21.9 Å². The molecule has 0 fully saturated rings. The van der Waals surface area contributed by atoms with Crippen molar-refractivity contribution in [1.82, 2.24) is 14.1 Å². The molecule has 2 heterocycles. The molecule has 0 saturated carbocycles. The Morgan fingerprint density at radius 3 is 2.12 bits per heavy atom. The third-order valence-corrected chi connectivity index (χ3v) is 3.84. The minimum Gasteiger partial charge on any atom is -0.278 e. The molecule has 0 N–H and O–H groups in total. The molecule has 126 valence electrons. The highest BCUT2D eigenvalue weighted by molar-refractivity contribution is 5.92. The fourth-order valence-electron chi connectivity index (χ4n) is 2.68. The molecular formula is C15H11F4N3O2. The second kappa shape index (κ2) is 5.43. The summed E-state index contributed by atoms with van der Waals surface area (Å²) in [4.78, 5) is 28.4. The molecule has 0 atom stereocenters. The first-order valence-electron chi connectivity index (χ1n) is 7.13. The van der Waals surface area contributed by atoms with E-state index in [2.05, 4.69) is 4.98 Å². The molecule has 0 saturated heterocycles. The van der Waals surface area contributed by atoms with Crippen LogP contribution in [0.3, 0.4) is 0 Å². The van der Waals surface area contributed by atoms with Gasteiger partial charge in [-0.1, -0.05) is 0 Å². The van der Waals surface area contributed by atoms with Gasteiger partial charge in [0.1, 0.15) is 5.39 Å². The van der Waals surface area contributed by atoms with Gasteiger partial charge in [0.2, 0.25) is 0 Å². The van der Waals surface area contributed by atoms with Crippen molar-refractivity contribution in [2.45, 2.75) is 26.9 Å². The van der Waals surface area contributed by atoms with Gasteiger partial charge in [0.05, 0.1) is 10.9 Å². The van der Waals surface area contributed by atoms with Crippen molar-refractivity contribution in [1.29, 1.82) is 0 Å². The maximum absolute atomic E-state index is 14.8. The number of hydrogen-bond acceptors (Lipinski definition) is 3. The minimum absolute atomic E-state index is 0.0364. The summed E-state index contributed by atoms with van der Waals surface area (Å²) in [5, 5.41) is -1.57. The summed E-state index contributed by atoms with van der Waals surface area (Å²) in [5.74, 6) is -6.55. The number of halogens is 4. The van der Waals surface area contributed by atoms with Crippen molar-refractivity contribution < 1.29 is 17.6 Å². The van der Waals surface area contributed by atoms with E-state index in [0.29, 0.717) is 6.07 Å². The Balaban J connectivity index is 2.71. The van der Waals surface area contributed by atoms with Gasteiger partial charge in [-0.05, 0) is 13.8 Å². The lowest BCUT2D eigenvalue weighted by Crippen LogP contribution is -2.40. The van der Waals surface area contributed by atoms with Crippen molar-refractivity contribution in [2.75, 3.05) is 0 Å². The maximum atomic E-state index is 14.8. The number of pyridine rings is 1. The van der Waals surface area contributed by atoms with Crippen LogP contribution in [-0.2, 0) is 13.1 Å². The van der Waals surface area contributed by atoms with E-state index in [1.54, 1.807) is 6.92 Å². The predicted molar refractivity (Wildman–Crippen MR) is 78.9 cm³/mol. The van der Waals surface area contributed by atoms with Crippen molar-refractivity contribution in [3.63, 3.8) is 0 Å². The van der Waals surface area contributed by atoms with Gasteiger partial charge in [-0.3, -0.25) is 13.9 Å². The van der Waals surface area contributed by atoms with E-state index in [4.69, 9.17) is 0 Å². The van der Waals surface area contributed by atoms with Gasteiger partial charge < -0.3 is 0 Å². The number of aryl methyl sites for hydroxylation is 1. The van der Waals surface area contributed by atoms with Gasteiger partial charge in [0, 0.05) is 19.2 Å². The Labute approximate surface area is 131 Å². The summed E-state index contributed by atoms with van der Waals surface area (Å²) < 4.78 is 57.3. The maximum Gasteiger partial charge on any atom is 0.332 e. The standard InChI is InChI=1S/C15H11F4N3O2/c1-3-21-13-9(14(23)22(4-2)15(21)24)11(18)8-7(20-13)5-6(16)10(17)12(8)19/h5H,3-4H2,1-2H3.